The molecule has 2 saturated heterocycles. The molecule has 2 heterocycles. The van der Waals surface area contributed by atoms with Crippen molar-refractivity contribution in [2.75, 3.05) is 32.6 Å². The van der Waals surface area contributed by atoms with Crippen molar-refractivity contribution in [3.63, 3.8) is 0 Å². The lowest BCUT2D eigenvalue weighted by molar-refractivity contribution is -0.140. The van der Waals surface area contributed by atoms with Gasteiger partial charge in [-0.3, -0.25) is 0 Å². The smallest absolute Gasteiger partial charge is 0.0741 e. The Morgan fingerprint density at radius 3 is 2.61 bits per heavy atom. The number of hydrogen-bond acceptors (Lipinski definition) is 4. The van der Waals surface area contributed by atoms with E-state index in [1.165, 1.54) is 32.2 Å². The van der Waals surface area contributed by atoms with Gasteiger partial charge in [-0.1, -0.05) is 0 Å². The number of hydrogen-bond donors (Lipinski definition) is 1. The predicted octanol–water partition coefficient (Wildman–Crippen LogP) is 2.20. The molecule has 3 rings (SSSR count). The van der Waals surface area contributed by atoms with Gasteiger partial charge in [0.2, 0.25) is 0 Å². The Kier molecular flexibility index (Phi) is 3.90. The topological polar surface area (TPSA) is 30.5 Å². The third kappa shape index (κ3) is 2.87. The van der Waals surface area contributed by atoms with Crippen LogP contribution in [0.15, 0.2) is 0 Å². The second-order valence-corrected chi connectivity index (χ2v) is 7.38. The molecule has 1 saturated carbocycles. The molecule has 0 bridgehead atoms. The maximum Gasteiger partial charge on any atom is 0.0741 e. The average molecular weight is 271 g/mol. The lowest BCUT2D eigenvalue weighted by Crippen LogP contribution is -2.50. The number of rotatable bonds is 4. The molecule has 0 radical (unpaired) electrons. The summed E-state index contributed by atoms with van der Waals surface area (Å²) < 4.78 is 12.1. The number of nitrogens with one attached hydrogen (secondary N) is 1. The SMILES string of the molecule is CSC1(CNC2CCOC3(CCOCC3)C2)CC1. The van der Waals surface area contributed by atoms with E-state index in [4.69, 9.17) is 9.47 Å². The quantitative estimate of drug-likeness (QED) is 0.849. The minimum Gasteiger partial charge on any atom is -0.381 e. The van der Waals surface area contributed by atoms with Gasteiger partial charge in [-0.05, 0) is 44.8 Å². The molecule has 3 fully saturated rings. The largest absolute Gasteiger partial charge is 0.381 e. The predicted molar refractivity (Wildman–Crippen MR) is 75.2 cm³/mol. The molecule has 104 valence electrons. The molecule has 1 atom stereocenters. The zero-order chi connectivity index (χ0) is 12.5. The summed E-state index contributed by atoms with van der Waals surface area (Å²) in [5.41, 5.74) is 0.129. The van der Waals surface area contributed by atoms with Crippen molar-refractivity contribution in [2.45, 2.75) is 54.9 Å². The van der Waals surface area contributed by atoms with Crippen LogP contribution < -0.4 is 5.32 Å². The highest BCUT2D eigenvalue weighted by Gasteiger charge is 2.43. The first-order valence-corrected chi connectivity index (χ1v) is 8.49. The Bertz CT molecular complexity index is 282. The van der Waals surface area contributed by atoms with Crippen LogP contribution in [0.3, 0.4) is 0 Å². The highest BCUT2D eigenvalue weighted by atomic mass is 32.2. The van der Waals surface area contributed by atoms with Gasteiger partial charge >= 0.3 is 0 Å². The lowest BCUT2D eigenvalue weighted by Gasteiger charge is -2.43. The third-order valence-electron chi connectivity index (χ3n) is 4.85. The van der Waals surface area contributed by atoms with Crippen molar-refractivity contribution < 1.29 is 9.47 Å². The second-order valence-electron chi connectivity index (χ2n) is 6.10. The molecule has 2 aliphatic heterocycles. The molecule has 0 aromatic heterocycles. The van der Waals surface area contributed by atoms with Gasteiger partial charge in [0.25, 0.3) is 0 Å². The van der Waals surface area contributed by atoms with Gasteiger partial charge < -0.3 is 14.8 Å². The molecule has 0 aromatic carbocycles. The van der Waals surface area contributed by atoms with Crippen molar-refractivity contribution in [2.24, 2.45) is 0 Å². The molecule has 3 nitrogen and oxygen atoms in total. The summed E-state index contributed by atoms with van der Waals surface area (Å²) in [5, 5.41) is 3.81. The third-order valence-corrected chi connectivity index (χ3v) is 6.27. The molecule has 0 aromatic rings. The van der Waals surface area contributed by atoms with Crippen LogP contribution in [0.4, 0.5) is 0 Å². The van der Waals surface area contributed by atoms with E-state index in [2.05, 4.69) is 11.6 Å². The van der Waals surface area contributed by atoms with Gasteiger partial charge in [0, 0.05) is 37.2 Å². The minimum atomic E-state index is 0.129. The normalized spacial score (nSPS) is 33.5. The molecular weight excluding hydrogens is 246 g/mol. The van der Waals surface area contributed by atoms with Crippen LogP contribution in [-0.2, 0) is 9.47 Å². The van der Waals surface area contributed by atoms with Crippen molar-refractivity contribution in [3.05, 3.63) is 0 Å². The Hall–Kier alpha value is 0.230. The maximum atomic E-state index is 6.09. The van der Waals surface area contributed by atoms with Crippen molar-refractivity contribution in [1.82, 2.24) is 5.32 Å². The van der Waals surface area contributed by atoms with E-state index in [1.54, 1.807) is 0 Å². The van der Waals surface area contributed by atoms with Crippen molar-refractivity contribution in [1.29, 1.82) is 0 Å². The Balaban J connectivity index is 1.50. The van der Waals surface area contributed by atoms with E-state index in [9.17, 15) is 0 Å². The van der Waals surface area contributed by atoms with Gasteiger partial charge in [0.15, 0.2) is 0 Å². The highest BCUT2D eigenvalue weighted by molar-refractivity contribution is 8.00. The van der Waals surface area contributed by atoms with Crippen LogP contribution in [0.1, 0.15) is 38.5 Å². The molecule has 1 spiro atoms. The standard InChI is InChI=1S/C14H25NO2S/c1-18-14(3-4-14)11-15-12-2-7-17-13(10-12)5-8-16-9-6-13/h12,15H,2-11H2,1H3. The Morgan fingerprint density at radius 2 is 1.94 bits per heavy atom. The summed E-state index contributed by atoms with van der Waals surface area (Å²) in [4.78, 5) is 0. The zero-order valence-corrected chi connectivity index (χ0v) is 12.2. The summed E-state index contributed by atoms with van der Waals surface area (Å²) in [6.07, 6.45) is 9.55. The van der Waals surface area contributed by atoms with Gasteiger partial charge in [0.1, 0.15) is 0 Å². The molecule has 1 unspecified atom stereocenters. The van der Waals surface area contributed by atoms with Crippen LogP contribution in [0.5, 0.6) is 0 Å². The molecule has 1 aliphatic carbocycles. The highest BCUT2D eigenvalue weighted by Crippen LogP contribution is 2.46. The van der Waals surface area contributed by atoms with Crippen LogP contribution in [0.2, 0.25) is 0 Å². The summed E-state index contributed by atoms with van der Waals surface area (Å²) in [6.45, 7) is 3.86. The number of ether oxygens (including phenoxy) is 2. The van der Waals surface area contributed by atoms with Gasteiger partial charge in [-0.15, -0.1) is 0 Å². The average Bonchev–Trinajstić information content (AvgIpc) is 3.18. The Morgan fingerprint density at radius 1 is 1.17 bits per heavy atom. The van der Waals surface area contributed by atoms with Crippen LogP contribution >= 0.6 is 11.8 Å². The van der Waals surface area contributed by atoms with Gasteiger partial charge in [-0.2, -0.15) is 11.8 Å². The second kappa shape index (κ2) is 5.31. The van der Waals surface area contributed by atoms with Crippen LogP contribution in [0.25, 0.3) is 0 Å². The van der Waals surface area contributed by atoms with E-state index in [-0.39, 0.29) is 5.60 Å². The minimum absolute atomic E-state index is 0.129. The summed E-state index contributed by atoms with van der Waals surface area (Å²) in [5.74, 6) is 0. The van der Waals surface area contributed by atoms with E-state index in [0.29, 0.717) is 10.8 Å². The molecule has 0 amide bonds. The first-order valence-electron chi connectivity index (χ1n) is 7.26. The fraction of sp³-hybridized carbons (Fsp3) is 1.00. The van der Waals surface area contributed by atoms with E-state index in [0.717, 1.165) is 32.7 Å². The molecule has 4 heteroatoms. The fourth-order valence-corrected chi connectivity index (χ4v) is 3.95. The summed E-state index contributed by atoms with van der Waals surface area (Å²) in [6, 6.07) is 0.654. The monoisotopic (exact) mass is 271 g/mol. The summed E-state index contributed by atoms with van der Waals surface area (Å²) >= 11 is 2.04. The van der Waals surface area contributed by atoms with E-state index in [1.807, 2.05) is 11.8 Å². The van der Waals surface area contributed by atoms with Crippen molar-refractivity contribution in [3.8, 4) is 0 Å². The van der Waals surface area contributed by atoms with Crippen LogP contribution in [0, 0.1) is 0 Å². The first-order chi connectivity index (χ1) is 8.76. The van der Waals surface area contributed by atoms with Gasteiger partial charge in [0.05, 0.1) is 5.60 Å². The summed E-state index contributed by atoms with van der Waals surface area (Å²) in [7, 11) is 0. The fourth-order valence-electron chi connectivity index (χ4n) is 3.22. The molecule has 18 heavy (non-hydrogen) atoms. The van der Waals surface area contributed by atoms with Crippen molar-refractivity contribution >= 4 is 11.8 Å². The lowest BCUT2D eigenvalue weighted by atomic mass is 9.84. The first kappa shape index (κ1) is 13.2. The molecular formula is C14H25NO2S. The van der Waals surface area contributed by atoms with E-state index < -0.39 is 0 Å². The van der Waals surface area contributed by atoms with Gasteiger partial charge in [-0.25, -0.2) is 0 Å². The Labute approximate surface area is 114 Å². The molecule has 1 N–H and O–H groups in total. The van der Waals surface area contributed by atoms with Crippen LogP contribution in [-0.4, -0.2) is 49.0 Å². The zero-order valence-electron chi connectivity index (χ0n) is 11.4. The van der Waals surface area contributed by atoms with E-state index >= 15 is 0 Å². The number of thioether (sulfide) groups is 1. The molecule has 3 aliphatic rings. The maximum absolute atomic E-state index is 6.09.